The minimum atomic E-state index is -0.821. The molecule has 0 saturated heterocycles. The van der Waals surface area contributed by atoms with Crippen molar-refractivity contribution in [1.82, 2.24) is 9.80 Å². The molecule has 118 valence electrons. The summed E-state index contributed by atoms with van der Waals surface area (Å²) in [7, 11) is 5.55. The topological polar surface area (TPSA) is 62.2 Å². The highest BCUT2D eigenvalue weighted by atomic mass is 16.5. The van der Waals surface area contributed by atoms with Crippen LogP contribution in [0.15, 0.2) is 24.3 Å². The predicted octanol–water partition coefficient (Wildman–Crippen LogP) is 1.02. The lowest BCUT2D eigenvalue weighted by Crippen LogP contribution is -2.38. The van der Waals surface area contributed by atoms with Gasteiger partial charge in [-0.25, -0.2) is 0 Å². The average molecular weight is 296 g/mol. The number of likely N-dealkylation sites (N-methyl/N-ethyl adjacent to an activating group) is 1. The van der Waals surface area contributed by atoms with Crippen LogP contribution in [0.25, 0.3) is 0 Å². The maximum Gasteiger partial charge on any atom is 0.317 e. The van der Waals surface area contributed by atoms with E-state index in [0.717, 1.165) is 18.0 Å². The number of nitrogens with zero attached hydrogens (tertiary/aromatic N) is 2. The molecule has 1 aromatic rings. The zero-order valence-corrected chi connectivity index (χ0v) is 12.9. The molecule has 1 rings (SSSR count). The Morgan fingerprint density at radius 3 is 2.24 bits per heavy atom. The standard InChI is InChI=1S/C15H24N2O4/c1-16(2)8-9-17(12-15(18)19)10-11-21-14-6-4-13(20-3)5-7-14/h4-7H,8-12H2,1-3H3,(H,18,19). The SMILES string of the molecule is COc1ccc(OCCN(CCN(C)C)CC(=O)O)cc1. The van der Waals surface area contributed by atoms with Gasteiger partial charge in [-0.1, -0.05) is 0 Å². The highest BCUT2D eigenvalue weighted by molar-refractivity contribution is 5.69. The lowest BCUT2D eigenvalue weighted by atomic mass is 10.3. The zero-order chi connectivity index (χ0) is 15.7. The number of carboxylic acid groups (broad SMARTS) is 1. The van der Waals surface area contributed by atoms with Crippen molar-refractivity contribution in [3.05, 3.63) is 24.3 Å². The van der Waals surface area contributed by atoms with Crippen molar-refractivity contribution in [2.24, 2.45) is 0 Å². The minimum absolute atomic E-state index is 0.0276. The van der Waals surface area contributed by atoms with Crippen molar-refractivity contribution in [1.29, 1.82) is 0 Å². The van der Waals surface area contributed by atoms with Gasteiger partial charge in [-0.2, -0.15) is 0 Å². The van der Waals surface area contributed by atoms with E-state index in [0.29, 0.717) is 19.7 Å². The molecular formula is C15H24N2O4. The Balaban J connectivity index is 2.38. The van der Waals surface area contributed by atoms with Crippen molar-refractivity contribution in [3.8, 4) is 11.5 Å². The van der Waals surface area contributed by atoms with Gasteiger partial charge >= 0.3 is 5.97 Å². The van der Waals surface area contributed by atoms with Crippen LogP contribution in [-0.4, -0.2) is 74.9 Å². The molecule has 0 fully saturated rings. The van der Waals surface area contributed by atoms with E-state index < -0.39 is 5.97 Å². The molecule has 0 heterocycles. The minimum Gasteiger partial charge on any atom is -0.497 e. The first-order chi connectivity index (χ1) is 10.0. The number of aliphatic carboxylic acids is 1. The summed E-state index contributed by atoms with van der Waals surface area (Å²) >= 11 is 0. The second-order valence-corrected chi connectivity index (χ2v) is 5.00. The summed E-state index contributed by atoms with van der Waals surface area (Å²) in [6.45, 7) is 2.57. The van der Waals surface area contributed by atoms with Gasteiger partial charge in [-0.3, -0.25) is 9.69 Å². The number of carbonyl (C=O) groups is 1. The van der Waals surface area contributed by atoms with Crippen LogP contribution in [-0.2, 0) is 4.79 Å². The molecule has 0 radical (unpaired) electrons. The highest BCUT2D eigenvalue weighted by Crippen LogP contribution is 2.16. The van der Waals surface area contributed by atoms with Gasteiger partial charge in [0.2, 0.25) is 0 Å². The summed E-state index contributed by atoms with van der Waals surface area (Å²) in [4.78, 5) is 14.7. The first kappa shape index (κ1) is 17.3. The van der Waals surface area contributed by atoms with E-state index in [1.807, 2.05) is 48.2 Å². The second kappa shape index (κ2) is 9.20. The third-order valence-electron chi connectivity index (χ3n) is 2.96. The normalized spacial score (nSPS) is 10.9. The molecule has 0 amide bonds. The van der Waals surface area contributed by atoms with Gasteiger partial charge in [0, 0.05) is 19.6 Å². The summed E-state index contributed by atoms with van der Waals surface area (Å²) in [6, 6.07) is 7.33. The number of ether oxygens (including phenoxy) is 2. The van der Waals surface area contributed by atoms with Crippen LogP contribution >= 0.6 is 0 Å². The van der Waals surface area contributed by atoms with E-state index in [-0.39, 0.29) is 6.54 Å². The molecule has 21 heavy (non-hydrogen) atoms. The molecule has 0 unspecified atom stereocenters. The fourth-order valence-electron chi connectivity index (χ4n) is 1.77. The summed E-state index contributed by atoms with van der Waals surface area (Å²) in [5.41, 5.74) is 0. The molecule has 1 N–H and O–H groups in total. The van der Waals surface area contributed by atoms with Gasteiger partial charge in [0.1, 0.15) is 18.1 Å². The third kappa shape index (κ3) is 7.53. The fourth-order valence-corrected chi connectivity index (χ4v) is 1.77. The van der Waals surface area contributed by atoms with Crippen molar-refractivity contribution in [2.45, 2.75) is 0 Å². The molecule has 0 aliphatic rings. The first-order valence-corrected chi connectivity index (χ1v) is 6.87. The number of rotatable bonds is 10. The van der Waals surface area contributed by atoms with Crippen molar-refractivity contribution in [3.63, 3.8) is 0 Å². The molecule has 1 aromatic carbocycles. The lowest BCUT2D eigenvalue weighted by Gasteiger charge is -2.22. The lowest BCUT2D eigenvalue weighted by molar-refractivity contribution is -0.138. The second-order valence-electron chi connectivity index (χ2n) is 5.00. The van der Waals surface area contributed by atoms with E-state index in [2.05, 4.69) is 0 Å². The van der Waals surface area contributed by atoms with Crippen LogP contribution in [0.2, 0.25) is 0 Å². The number of hydrogen-bond donors (Lipinski definition) is 1. The third-order valence-corrected chi connectivity index (χ3v) is 2.96. The van der Waals surface area contributed by atoms with Gasteiger partial charge < -0.3 is 19.5 Å². The number of carboxylic acids is 1. The molecule has 0 spiro atoms. The molecule has 0 saturated carbocycles. The monoisotopic (exact) mass is 296 g/mol. The Morgan fingerprint density at radius 2 is 1.71 bits per heavy atom. The quantitative estimate of drug-likeness (QED) is 0.695. The van der Waals surface area contributed by atoms with Crippen LogP contribution in [0.5, 0.6) is 11.5 Å². The summed E-state index contributed by atoms with van der Waals surface area (Å²) < 4.78 is 10.7. The highest BCUT2D eigenvalue weighted by Gasteiger charge is 2.10. The van der Waals surface area contributed by atoms with Gasteiger partial charge in [0.15, 0.2) is 0 Å². The van der Waals surface area contributed by atoms with E-state index in [1.165, 1.54) is 0 Å². The Labute approximate surface area is 125 Å². The first-order valence-electron chi connectivity index (χ1n) is 6.87. The van der Waals surface area contributed by atoms with Crippen molar-refractivity contribution >= 4 is 5.97 Å². The molecule has 6 nitrogen and oxygen atoms in total. The van der Waals surface area contributed by atoms with Crippen LogP contribution in [0, 0.1) is 0 Å². The molecule has 0 aliphatic heterocycles. The Bertz CT molecular complexity index is 420. The van der Waals surface area contributed by atoms with Crippen LogP contribution < -0.4 is 9.47 Å². The molecular weight excluding hydrogens is 272 g/mol. The van der Waals surface area contributed by atoms with E-state index in [9.17, 15) is 4.79 Å². The molecule has 0 aliphatic carbocycles. The summed E-state index contributed by atoms with van der Waals surface area (Å²) in [6.07, 6.45) is 0. The molecule has 0 aromatic heterocycles. The number of hydrogen-bond acceptors (Lipinski definition) is 5. The van der Waals surface area contributed by atoms with Crippen molar-refractivity contribution < 1.29 is 19.4 Å². The summed E-state index contributed by atoms with van der Waals surface area (Å²) in [5.74, 6) is 0.706. The Hall–Kier alpha value is -1.79. The Kier molecular flexibility index (Phi) is 7.56. The molecule has 6 heteroatoms. The summed E-state index contributed by atoms with van der Waals surface area (Å²) in [5, 5.41) is 8.91. The van der Waals surface area contributed by atoms with Crippen LogP contribution in [0.3, 0.4) is 0 Å². The zero-order valence-electron chi connectivity index (χ0n) is 12.9. The fraction of sp³-hybridized carbons (Fsp3) is 0.533. The maximum atomic E-state index is 10.8. The largest absolute Gasteiger partial charge is 0.497 e. The predicted molar refractivity (Wildman–Crippen MR) is 81.1 cm³/mol. The smallest absolute Gasteiger partial charge is 0.317 e. The van der Waals surface area contributed by atoms with Crippen molar-refractivity contribution in [2.75, 3.05) is 54.0 Å². The molecule has 0 atom stereocenters. The maximum absolute atomic E-state index is 10.8. The van der Waals surface area contributed by atoms with E-state index in [1.54, 1.807) is 7.11 Å². The van der Waals surface area contributed by atoms with Gasteiger partial charge in [-0.05, 0) is 38.4 Å². The van der Waals surface area contributed by atoms with Crippen LogP contribution in [0.1, 0.15) is 0 Å². The average Bonchev–Trinajstić information content (AvgIpc) is 2.44. The van der Waals surface area contributed by atoms with Gasteiger partial charge in [0.05, 0.1) is 13.7 Å². The molecule has 0 bridgehead atoms. The van der Waals surface area contributed by atoms with Gasteiger partial charge in [-0.15, -0.1) is 0 Å². The number of benzene rings is 1. The van der Waals surface area contributed by atoms with Crippen LogP contribution in [0.4, 0.5) is 0 Å². The van der Waals surface area contributed by atoms with Gasteiger partial charge in [0.25, 0.3) is 0 Å². The van der Waals surface area contributed by atoms with E-state index in [4.69, 9.17) is 14.6 Å². The number of methoxy groups -OCH3 is 1. The van der Waals surface area contributed by atoms with E-state index >= 15 is 0 Å². The Morgan fingerprint density at radius 1 is 1.10 bits per heavy atom.